The topological polar surface area (TPSA) is 59.8 Å². The minimum Gasteiger partial charge on any atom is -0.322 e. The molecule has 0 aliphatic heterocycles. The molecule has 1 fully saturated rings. The Hall–Kier alpha value is -2.42. The lowest BCUT2D eigenvalue weighted by Crippen LogP contribution is -2.20. The predicted molar refractivity (Wildman–Crippen MR) is 102 cm³/mol. The van der Waals surface area contributed by atoms with Crippen LogP contribution < -0.4 is 5.32 Å². The summed E-state index contributed by atoms with van der Waals surface area (Å²) >= 11 is 3.15. The average molecular weight is 453 g/mol. The summed E-state index contributed by atoms with van der Waals surface area (Å²) in [5.74, 6) is -0.933. The zero-order valence-corrected chi connectivity index (χ0v) is 16.4. The van der Waals surface area contributed by atoms with Crippen LogP contribution in [0, 0.1) is 12.7 Å². The highest BCUT2D eigenvalue weighted by molar-refractivity contribution is 9.10. The van der Waals surface area contributed by atoms with Crippen LogP contribution in [-0.4, -0.2) is 20.7 Å². The predicted octanol–water partition coefficient (Wildman–Crippen LogP) is 5.10. The third kappa shape index (κ3) is 3.63. The fourth-order valence-corrected chi connectivity index (χ4v) is 3.53. The van der Waals surface area contributed by atoms with Crippen molar-refractivity contribution in [2.24, 2.45) is 0 Å². The molecule has 1 N–H and O–H groups in total. The molecule has 0 saturated heterocycles. The number of halogens is 4. The van der Waals surface area contributed by atoms with E-state index in [9.17, 15) is 18.0 Å². The summed E-state index contributed by atoms with van der Waals surface area (Å²) in [6.45, 7) is 1.35. The number of fused-ring (bicyclic) bond motifs is 1. The Bertz CT molecular complexity index is 1080. The van der Waals surface area contributed by atoms with Gasteiger partial charge in [-0.1, -0.05) is 15.9 Å². The molecule has 146 valence electrons. The first-order chi connectivity index (χ1) is 13.3. The van der Waals surface area contributed by atoms with Crippen LogP contribution in [0.2, 0.25) is 0 Å². The molecule has 9 heteroatoms. The number of amides is 1. The van der Waals surface area contributed by atoms with E-state index >= 15 is 0 Å². The van der Waals surface area contributed by atoms with Crippen molar-refractivity contribution in [3.05, 3.63) is 51.5 Å². The van der Waals surface area contributed by atoms with E-state index < -0.39 is 18.1 Å². The van der Waals surface area contributed by atoms with Gasteiger partial charge in [-0.3, -0.25) is 4.79 Å². The smallest absolute Gasteiger partial charge is 0.264 e. The quantitative estimate of drug-likeness (QED) is 0.585. The summed E-state index contributed by atoms with van der Waals surface area (Å²) in [5, 5.41) is 6.97. The Labute approximate surface area is 167 Å². The highest BCUT2D eigenvalue weighted by Crippen LogP contribution is 2.41. The second-order valence-electron chi connectivity index (χ2n) is 6.83. The van der Waals surface area contributed by atoms with Crippen LogP contribution in [0.15, 0.2) is 28.7 Å². The van der Waals surface area contributed by atoms with Gasteiger partial charge in [0, 0.05) is 21.6 Å². The largest absolute Gasteiger partial charge is 0.322 e. The average Bonchev–Trinajstić information content (AvgIpc) is 3.43. The van der Waals surface area contributed by atoms with Crippen LogP contribution in [-0.2, 0) is 11.3 Å². The molecule has 3 aromatic rings. The van der Waals surface area contributed by atoms with Crippen molar-refractivity contribution in [2.45, 2.75) is 38.7 Å². The molecule has 1 saturated carbocycles. The van der Waals surface area contributed by atoms with Crippen molar-refractivity contribution < 1.29 is 18.0 Å². The lowest BCUT2D eigenvalue weighted by Gasteiger charge is -2.09. The number of aryl methyl sites for hydroxylation is 1. The monoisotopic (exact) mass is 452 g/mol. The fourth-order valence-electron chi connectivity index (χ4n) is 3.19. The van der Waals surface area contributed by atoms with Gasteiger partial charge >= 0.3 is 0 Å². The number of carbonyl (C=O) groups excluding carboxylic acids is 1. The second-order valence-corrected chi connectivity index (χ2v) is 7.74. The van der Waals surface area contributed by atoms with E-state index in [1.807, 2.05) is 0 Å². The summed E-state index contributed by atoms with van der Waals surface area (Å²) in [6.07, 6.45) is -0.833. The lowest BCUT2D eigenvalue weighted by molar-refractivity contribution is -0.116. The third-order valence-corrected chi connectivity index (χ3v) is 5.15. The number of rotatable bonds is 5. The molecule has 28 heavy (non-hydrogen) atoms. The Kier molecular flexibility index (Phi) is 4.86. The van der Waals surface area contributed by atoms with E-state index in [-0.39, 0.29) is 34.7 Å². The zero-order valence-electron chi connectivity index (χ0n) is 14.8. The maximum absolute atomic E-state index is 13.9. The van der Waals surface area contributed by atoms with E-state index in [0.717, 1.165) is 12.8 Å². The first-order valence-electron chi connectivity index (χ1n) is 8.74. The van der Waals surface area contributed by atoms with Crippen molar-refractivity contribution >= 4 is 38.6 Å². The summed E-state index contributed by atoms with van der Waals surface area (Å²) in [7, 11) is 0. The Morgan fingerprint density at radius 2 is 2.11 bits per heavy atom. The number of carbonyl (C=O) groups is 1. The zero-order chi connectivity index (χ0) is 20.0. The molecule has 1 aliphatic carbocycles. The van der Waals surface area contributed by atoms with Crippen LogP contribution in [0.25, 0.3) is 11.0 Å². The van der Waals surface area contributed by atoms with Gasteiger partial charge in [0.15, 0.2) is 5.65 Å². The molecule has 1 aliphatic rings. The first-order valence-corrected chi connectivity index (χ1v) is 9.53. The molecule has 4 rings (SSSR count). The third-order valence-electron chi connectivity index (χ3n) is 4.66. The van der Waals surface area contributed by atoms with Gasteiger partial charge < -0.3 is 5.32 Å². The van der Waals surface area contributed by atoms with Crippen LogP contribution in [0.1, 0.15) is 42.1 Å². The van der Waals surface area contributed by atoms with Gasteiger partial charge in [0.05, 0.1) is 16.8 Å². The van der Waals surface area contributed by atoms with Gasteiger partial charge in [-0.2, -0.15) is 5.10 Å². The minimum absolute atomic E-state index is 0.0290. The first kappa shape index (κ1) is 18.9. The van der Waals surface area contributed by atoms with E-state index in [1.165, 1.54) is 22.9 Å². The molecule has 0 radical (unpaired) electrons. The van der Waals surface area contributed by atoms with Crippen molar-refractivity contribution in [2.75, 3.05) is 5.32 Å². The summed E-state index contributed by atoms with van der Waals surface area (Å²) in [6, 6.07) is 5.72. The SMILES string of the molecule is Cc1nn(CC(=O)Nc2ccc(Br)cc2F)c2nc(C3CC3)cc(C(F)F)c12. The molecule has 2 heterocycles. The van der Waals surface area contributed by atoms with Crippen LogP contribution in [0.5, 0.6) is 0 Å². The van der Waals surface area contributed by atoms with Crippen LogP contribution in [0.4, 0.5) is 18.9 Å². The molecule has 1 amide bonds. The lowest BCUT2D eigenvalue weighted by atomic mass is 10.1. The minimum atomic E-state index is -2.66. The Morgan fingerprint density at radius 3 is 2.75 bits per heavy atom. The molecule has 1 aromatic carbocycles. The number of nitrogens with zero attached hydrogens (tertiary/aromatic N) is 3. The van der Waals surface area contributed by atoms with E-state index in [1.54, 1.807) is 13.0 Å². The number of hydrogen-bond acceptors (Lipinski definition) is 3. The van der Waals surface area contributed by atoms with Gasteiger partial charge in [0.1, 0.15) is 12.4 Å². The molecule has 0 unspecified atom stereocenters. The van der Waals surface area contributed by atoms with Crippen molar-refractivity contribution in [3.63, 3.8) is 0 Å². The number of hydrogen-bond donors (Lipinski definition) is 1. The van der Waals surface area contributed by atoms with Crippen LogP contribution in [0.3, 0.4) is 0 Å². The maximum Gasteiger partial charge on any atom is 0.264 e. The fraction of sp³-hybridized carbons (Fsp3) is 0.316. The number of benzene rings is 1. The molecule has 0 spiro atoms. The molecule has 5 nitrogen and oxygen atoms in total. The van der Waals surface area contributed by atoms with E-state index in [4.69, 9.17) is 0 Å². The molecular weight excluding hydrogens is 437 g/mol. The molecule has 2 aromatic heterocycles. The van der Waals surface area contributed by atoms with Crippen molar-refractivity contribution in [3.8, 4) is 0 Å². The number of pyridine rings is 1. The highest BCUT2D eigenvalue weighted by Gasteiger charge is 2.29. The highest BCUT2D eigenvalue weighted by atomic mass is 79.9. The Balaban J connectivity index is 1.67. The number of alkyl halides is 2. The standard InChI is InChI=1S/C19H16BrF3N4O/c1-9-17-12(18(22)23)7-15(10-2-3-10)25-19(17)27(26-9)8-16(28)24-14-5-4-11(20)6-13(14)21/h4-7,10,18H,2-3,8H2,1H3,(H,24,28). The molecule has 0 bridgehead atoms. The van der Waals surface area contributed by atoms with E-state index in [0.29, 0.717) is 15.9 Å². The summed E-state index contributed by atoms with van der Waals surface area (Å²) in [5.41, 5.74) is 1.14. The van der Waals surface area contributed by atoms with Crippen molar-refractivity contribution in [1.29, 1.82) is 0 Å². The number of nitrogens with one attached hydrogen (secondary N) is 1. The molecular formula is C19H16BrF3N4O. The van der Waals surface area contributed by atoms with Gasteiger partial charge in [-0.25, -0.2) is 22.8 Å². The summed E-state index contributed by atoms with van der Waals surface area (Å²) < 4.78 is 43.0. The summed E-state index contributed by atoms with van der Waals surface area (Å²) in [4.78, 5) is 16.9. The van der Waals surface area contributed by atoms with Gasteiger partial charge in [-0.15, -0.1) is 0 Å². The Morgan fingerprint density at radius 1 is 1.36 bits per heavy atom. The van der Waals surface area contributed by atoms with Gasteiger partial charge in [0.25, 0.3) is 6.43 Å². The van der Waals surface area contributed by atoms with E-state index in [2.05, 4.69) is 31.3 Å². The van der Waals surface area contributed by atoms with Crippen LogP contribution >= 0.6 is 15.9 Å². The number of anilines is 1. The second kappa shape index (κ2) is 7.20. The van der Waals surface area contributed by atoms with Gasteiger partial charge in [-0.05, 0) is 44.0 Å². The van der Waals surface area contributed by atoms with Gasteiger partial charge in [0.2, 0.25) is 5.91 Å². The van der Waals surface area contributed by atoms with Crippen molar-refractivity contribution in [1.82, 2.24) is 14.8 Å². The number of aromatic nitrogens is 3. The maximum atomic E-state index is 13.9. The molecule has 0 atom stereocenters. The normalized spacial score (nSPS) is 14.1.